The van der Waals surface area contributed by atoms with Gasteiger partial charge in [-0.2, -0.15) is 0 Å². The fourth-order valence-corrected chi connectivity index (χ4v) is 5.39. The summed E-state index contributed by atoms with van der Waals surface area (Å²) < 4.78 is 32.6. The van der Waals surface area contributed by atoms with Gasteiger partial charge >= 0.3 is 0 Å². The van der Waals surface area contributed by atoms with Crippen molar-refractivity contribution in [1.29, 1.82) is 0 Å². The van der Waals surface area contributed by atoms with E-state index >= 15 is 0 Å². The molecule has 6 nitrogen and oxygen atoms in total. The van der Waals surface area contributed by atoms with Crippen molar-refractivity contribution in [3.8, 4) is 5.75 Å². The summed E-state index contributed by atoms with van der Waals surface area (Å²) in [5.41, 5.74) is 2.89. The highest BCUT2D eigenvalue weighted by Crippen LogP contribution is 2.20. The van der Waals surface area contributed by atoms with Gasteiger partial charge in [0, 0.05) is 24.3 Å². The minimum Gasteiger partial charge on any atom is -0.489 e. The SMILES string of the molecule is O=C(Nc1ccc(OCc2ccccc2)cc1)c1ccc(CS(=O)(=O)N2CCCCC2)cc1. The second-order valence-electron chi connectivity index (χ2n) is 8.17. The van der Waals surface area contributed by atoms with Crippen molar-refractivity contribution in [2.75, 3.05) is 18.4 Å². The van der Waals surface area contributed by atoms with Gasteiger partial charge in [0.1, 0.15) is 12.4 Å². The van der Waals surface area contributed by atoms with E-state index in [1.807, 2.05) is 42.5 Å². The van der Waals surface area contributed by atoms with E-state index in [2.05, 4.69) is 5.32 Å². The topological polar surface area (TPSA) is 75.7 Å². The number of rotatable bonds is 8. The normalized spacial score (nSPS) is 14.5. The largest absolute Gasteiger partial charge is 0.489 e. The van der Waals surface area contributed by atoms with Gasteiger partial charge in [-0.15, -0.1) is 0 Å². The fraction of sp³-hybridized carbons (Fsp3) is 0.269. The summed E-state index contributed by atoms with van der Waals surface area (Å²) in [6.07, 6.45) is 2.91. The van der Waals surface area contributed by atoms with Crippen LogP contribution in [0, 0.1) is 0 Å². The lowest BCUT2D eigenvalue weighted by Gasteiger charge is -2.25. The van der Waals surface area contributed by atoms with Gasteiger partial charge in [0.05, 0.1) is 5.75 Å². The van der Waals surface area contributed by atoms with E-state index < -0.39 is 10.0 Å². The number of ether oxygens (including phenoxy) is 1. The molecular weight excluding hydrogens is 436 g/mol. The number of nitrogens with one attached hydrogen (secondary N) is 1. The van der Waals surface area contributed by atoms with Gasteiger partial charge in [-0.1, -0.05) is 48.9 Å². The first-order chi connectivity index (χ1) is 16.0. The smallest absolute Gasteiger partial charge is 0.255 e. The van der Waals surface area contributed by atoms with Gasteiger partial charge < -0.3 is 10.1 Å². The standard InChI is InChI=1S/C26H28N2O4S/c29-26(27-24-13-15-25(16-14-24)32-19-21-7-3-1-4-8-21)23-11-9-22(10-12-23)20-33(30,31)28-17-5-2-6-18-28/h1,3-4,7-16H,2,5-6,17-20H2,(H,27,29). The van der Waals surface area contributed by atoms with Crippen LogP contribution in [0.4, 0.5) is 5.69 Å². The van der Waals surface area contributed by atoms with E-state index in [4.69, 9.17) is 4.74 Å². The van der Waals surface area contributed by atoms with Crippen molar-refractivity contribution in [2.24, 2.45) is 0 Å². The third kappa shape index (κ3) is 6.43. The second kappa shape index (κ2) is 10.6. The molecule has 1 N–H and O–H groups in total. The highest BCUT2D eigenvalue weighted by molar-refractivity contribution is 7.88. The van der Waals surface area contributed by atoms with E-state index in [9.17, 15) is 13.2 Å². The number of hydrogen-bond acceptors (Lipinski definition) is 4. The Morgan fingerprint density at radius 2 is 1.48 bits per heavy atom. The van der Waals surface area contributed by atoms with Gasteiger partial charge in [-0.25, -0.2) is 12.7 Å². The zero-order chi connectivity index (χ0) is 23.1. The van der Waals surface area contributed by atoms with Crippen LogP contribution in [-0.4, -0.2) is 31.7 Å². The molecule has 172 valence electrons. The third-order valence-corrected chi connectivity index (χ3v) is 7.48. The zero-order valence-electron chi connectivity index (χ0n) is 18.4. The number of nitrogens with zero attached hydrogens (tertiary/aromatic N) is 1. The van der Waals surface area contributed by atoms with Crippen LogP contribution in [0.2, 0.25) is 0 Å². The van der Waals surface area contributed by atoms with Crippen molar-refractivity contribution >= 4 is 21.6 Å². The lowest BCUT2D eigenvalue weighted by Crippen LogP contribution is -2.36. The molecule has 0 radical (unpaired) electrons. The first-order valence-electron chi connectivity index (χ1n) is 11.1. The lowest BCUT2D eigenvalue weighted by atomic mass is 10.1. The number of piperidine rings is 1. The molecule has 3 aromatic rings. The molecule has 7 heteroatoms. The summed E-state index contributed by atoms with van der Waals surface area (Å²) in [4.78, 5) is 12.6. The predicted octanol–water partition coefficient (Wildman–Crippen LogP) is 4.83. The Hall–Kier alpha value is -3.16. The van der Waals surface area contributed by atoms with E-state index in [0.29, 0.717) is 36.5 Å². The average Bonchev–Trinajstić information content (AvgIpc) is 2.85. The van der Waals surface area contributed by atoms with Crippen LogP contribution < -0.4 is 10.1 Å². The number of amides is 1. The molecular formula is C26H28N2O4S. The molecule has 1 amide bonds. The van der Waals surface area contributed by atoms with Crippen molar-refractivity contribution < 1.29 is 17.9 Å². The summed E-state index contributed by atoms with van der Waals surface area (Å²) in [5, 5.41) is 2.86. The van der Waals surface area contributed by atoms with Crippen LogP contribution in [0.25, 0.3) is 0 Å². The summed E-state index contributed by atoms with van der Waals surface area (Å²) >= 11 is 0. The molecule has 0 saturated carbocycles. The van der Waals surface area contributed by atoms with E-state index in [-0.39, 0.29) is 11.7 Å². The summed E-state index contributed by atoms with van der Waals surface area (Å²) in [5.74, 6) is 0.425. The maximum Gasteiger partial charge on any atom is 0.255 e. The highest BCUT2D eigenvalue weighted by Gasteiger charge is 2.24. The summed E-state index contributed by atoms with van der Waals surface area (Å²) in [7, 11) is -3.32. The van der Waals surface area contributed by atoms with Crippen LogP contribution in [0.3, 0.4) is 0 Å². The molecule has 0 atom stereocenters. The molecule has 0 bridgehead atoms. The van der Waals surface area contributed by atoms with Gasteiger partial charge in [-0.3, -0.25) is 4.79 Å². The predicted molar refractivity (Wildman–Crippen MR) is 130 cm³/mol. The molecule has 0 spiro atoms. The van der Waals surface area contributed by atoms with Crippen LogP contribution in [-0.2, 0) is 22.4 Å². The molecule has 1 heterocycles. The van der Waals surface area contributed by atoms with Crippen LogP contribution in [0.5, 0.6) is 5.75 Å². The van der Waals surface area contributed by atoms with Gasteiger partial charge in [0.2, 0.25) is 10.0 Å². The molecule has 3 aromatic carbocycles. The molecule has 1 aliphatic rings. The Morgan fingerprint density at radius 3 is 2.15 bits per heavy atom. The van der Waals surface area contributed by atoms with Gasteiger partial charge in [-0.05, 0) is 60.4 Å². The maximum atomic E-state index is 12.6. The van der Waals surface area contributed by atoms with Crippen molar-refractivity contribution in [1.82, 2.24) is 4.31 Å². The van der Waals surface area contributed by atoms with E-state index in [0.717, 1.165) is 30.6 Å². The highest BCUT2D eigenvalue weighted by atomic mass is 32.2. The average molecular weight is 465 g/mol. The molecule has 0 unspecified atom stereocenters. The molecule has 1 aliphatic heterocycles. The quantitative estimate of drug-likeness (QED) is 0.518. The van der Waals surface area contributed by atoms with Crippen molar-refractivity contribution in [2.45, 2.75) is 31.6 Å². The Balaban J connectivity index is 1.31. The molecule has 1 saturated heterocycles. The Morgan fingerprint density at radius 1 is 0.818 bits per heavy atom. The number of carbonyl (C=O) groups excluding carboxylic acids is 1. The number of anilines is 1. The van der Waals surface area contributed by atoms with Crippen LogP contribution in [0.1, 0.15) is 40.7 Å². The fourth-order valence-electron chi connectivity index (χ4n) is 3.78. The number of hydrogen-bond donors (Lipinski definition) is 1. The Kier molecular flexibility index (Phi) is 7.42. The minimum absolute atomic E-state index is 0.0423. The minimum atomic E-state index is -3.32. The summed E-state index contributed by atoms with van der Waals surface area (Å²) in [6.45, 7) is 1.67. The molecule has 4 rings (SSSR count). The first kappa shape index (κ1) is 23.0. The van der Waals surface area contributed by atoms with Crippen LogP contribution >= 0.6 is 0 Å². The third-order valence-electron chi connectivity index (χ3n) is 5.63. The van der Waals surface area contributed by atoms with Crippen molar-refractivity contribution in [3.05, 3.63) is 95.6 Å². The first-order valence-corrected chi connectivity index (χ1v) is 12.8. The van der Waals surface area contributed by atoms with E-state index in [1.54, 1.807) is 40.7 Å². The Labute approximate surface area is 195 Å². The molecule has 33 heavy (non-hydrogen) atoms. The second-order valence-corrected chi connectivity index (χ2v) is 10.1. The summed E-state index contributed by atoms with van der Waals surface area (Å²) in [6, 6.07) is 23.8. The maximum absolute atomic E-state index is 12.6. The van der Waals surface area contributed by atoms with Gasteiger partial charge in [0.15, 0.2) is 0 Å². The Bertz CT molecular complexity index is 1160. The number of sulfonamides is 1. The lowest BCUT2D eigenvalue weighted by molar-refractivity contribution is 0.102. The monoisotopic (exact) mass is 464 g/mol. The number of benzene rings is 3. The molecule has 1 fully saturated rings. The van der Waals surface area contributed by atoms with Gasteiger partial charge in [0.25, 0.3) is 5.91 Å². The van der Waals surface area contributed by atoms with Crippen molar-refractivity contribution in [3.63, 3.8) is 0 Å². The molecule has 0 aliphatic carbocycles. The zero-order valence-corrected chi connectivity index (χ0v) is 19.3. The molecule has 0 aromatic heterocycles. The number of carbonyl (C=O) groups is 1. The van der Waals surface area contributed by atoms with E-state index in [1.165, 1.54) is 0 Å². The van der Waals surface area contributed by atoms with Crippen LogP contribution in [0.15, 0.2) is 78.9 Å².